The minimum atomic E-state index is -2.90. The summed E-state index contributed by atoms with van der Waals surface area (Å²) in [6.07, 6.45) is 0. The molecule has 5 nitrogen and oxygen atoms in total. The highest BCUT2D eigenvalue weighted by Crippen LogP contribution is 2.41. The van der Waals surface area contributed by atoms with E-state index in [2.05, 4.69) is 45.0 Å². The van der Waals surface area contributed by atoms with Gasteiger partial charge >= 0.3 is 8.32 Å². The smallest absolute Gasteiger partial charge is 0.320 e. The monoisotopic (exact) mass is 407 g/mol. The summed E-state index contributed by atoms with van der Waals surface area (Å²) in [6.45, 7) is 6.47. The first kappa shape index (κ1) is 20.6. The molecule has 0 radical (unpaired) electrons. The molecule has 0 aliphatic rings. The maximum atomic E-state index is 11.4. The Labute approximate surface area is 172 Å². The zero-order chi connectivity index (χ0) is 21.1. The van der Waals surface area contributed by atoms with Crippen LogP contribution >= 0.6 is 0 Å². The van der Waals surface area contributed by atoms with Crippen LogP contribution in [0.4, 0.5) is 5.69 Å². The lowest BCUT2D eigenvalue weighted by Gasteiger charge is -2.43. The van der Waals surface area contributed by atoms with Crippen LogP contribution in [0.3, 0.4) is 0 Å². The van der Waals surface area contributed by atoms with Crippen molar-refractivity contribution >= 4 is 24.4 Å². The van der Waals surface area contributed by atoms with Gasteiger partial charge in [-0.25, -0.2) is 0 Å². The fourth-order valence-electron chi connectivity index (χ4n) is 3.67. The van der Waals surface area contributed by atoms with E-state index in [4.69, 9.17) is 9.16 Å². The van der Waals surface area contributed by atoms with Gasteiger partial charge in [0.15, 0.2) is 11.5 Å². The van der Waals surface area contributed by atoms with E-state index in [-0.39, 0.29) is 10.7 Å². The molecule has 0 spiro atoms. The zero-order valence-electron chi connectivity index (χ0n) is 17.1. The number of nitro benzene ring substituents is 1. The van der Waals surface area contributed by atoms with Gasteiger partial charge in [-0.3, -0.25) is 10.1 Å². The first-order valence-electron chi connectivity index (χ1n) is 9.42. The molecule has 0 aliphatic heterocycles. The molecule has 0 saturated carbocycles. The summed E-state index contributed by atoms with van der Waals surface area (Å²) in [5, 5.41) is 13.3. The first-order chi connectivity index (χ1) is 13.8. The summed E-state index contributed by atoms with van der Waals surface area (Å²) in [4.78, 5) is 11.0. The molecular formula is C23H25NO4Si. The number of rotatable bonds is 6. The molecule has 0 N–H and O–H groups in total. The minimum absolute atomic E-state index is 0.0290. The largest absolute Gasteiger partial charge is 0.531 e. The Morgan fingerprint density at radius 3 is 1.76 bits per heavy atom. The molecule has 0 aliphatic carbocycles. The lowest BCUT2D eigenvalue weighted by molar-refractivity contribution is -0.384. The van der Waals surface area contributed by atoms with Gasteiger partial charge in [0, 0.05) is 6.07 Å². The summed E-state index contributed by atoms with van der Waals surface area (Å²) >= 11 is 0. The minimum Gasteiger partial charge on any atom is -0.531 e. The Morgan fingerprint density at radius 2 is 1.34 bits per heavy atom. The van der Waals surface area contributed by atoms with Crippen LogP contribution in [-0.4, -0.2) is 20.4 Å². The van der Waals surface area contributed by atoms with Gasteiger partial charge in [0.1, 0.15) is 0 Å². The van der Waals surface area contributed by atoms with E-state index in [1.807, 2.05) is 36.4 Å². The van der Waals surface area contributed by atoms with E-state index in [9.17, 15) is 10.1 Å². The highest BCUT2D eigenvalue weighted by Gasteiger charge is 2.52. The Morgan fingerprint density at radius 1 is 0.828 bits per heavy atom. The van der Waals surface area contributed by atoms with Gasteiger partial charge in [0.05, 0.1) is 18.1 Å². The molecule has 0 heterocycles. The van der Waals surface area contributed by atoms with Crippen LogP contribution in [0.2, 0.25) is 5.04 Å². The van der Waals surface area contributed by atoms with Crippen molar-refractivity contribution in [3.63, 3.8) is 0 Å². The molecule has 0 bridgehead atoms. The first-order valence-corrected chi connectivity index (χ1v) is 11.3. The molecule has 0 amide bonds. The topological polar surface area (TPSA) is 61.6 Å². The second kappa shape index (κ2) is 8.09. The molecule has 3 aromatic carbocycles. The molecule has 150 valence electrons. The predicted molar refractivity (Wildman–Crippen MR) is 118 cm³/mol. The zero-order valence-corrected chi connectivity index (χ0v) is 18.1. The molecule has 6 heteroatoms. The molecular weight excluding hydrogens is 382 g/mol. The van der Waals surface area contributed by atoms with Gasteiger partial charge in [-0.1, -0.05) is 81.4 Å². The van der Waals surface area contributed by atoms with Crippen LogP contribution in [0.1, 0.15) is 20.8 Å². The Hall–Kier alpha value is -3.12. The maximum absolute atomic E-state index is 11.4. The van der Waals surface area contributed by atoms with Crippen molar-refractivity contribution in [1.29, 1.82) is 0 Å². The van der Waals surface area contributed by atoms with Crippen molar-refractivity contribution < 1.29 is 14.1 Å². The van der Waals surface area contributed by atoms with Crippen molar-refractivity contribution in [2.75, 3.05) is 7.11 Å². The second-order valence-corrected chi connectivity index (χ2v) is 12.1. The molecule has 0 unspecified atom stereocenters. The molecule has 3 aromatic rings. The summed E-state index contributed by atoms with van der Waals surface area (Å²) < 4.78 is 12.3. The van der Waals surface area contributed by atoms with Gasteiger partial charge in [-0.15, -0.1) is 0 Å². The molecule has 0 atom stereocenters. The third-order valence-corrected chi connectivity index (χ3v) is 9.97. The average Bonchev–Trinajstić information content (AvgIpc) is 2.72. The molecule has 29 heavy (non-hydrogen) atoms. The molecule has 3 rings (SSSR count). The van der Waals surface area contributed by atoms with Crippen LogP contribution in [0.25, 0.3) is 0 Å². The number of hydrogen-bond donors (Lipinski definition) is 0. The highest BCUT2D eigenvalue weighted by molar-refractivity contribution is 7.00. The lowest BCUT2D eigenvalue weighted by Crippen LogP contribution is -2.68. The normalized spacial score (nSPS) is 11.7. The molecule has 0 aromatic heterocycles. The van der Waals surface area contributed by atoms with Crippen molar-refractivity contribution in [1.82, 2.24) is 0 Å². The fourth-order valence-corrected chi connectivity index (χ4v) is 8.09. The number of non-ortho nitro benzene ring substituents is 1. The molecule has 0 fully saturated rings. The standard InChI is InChI=1S/C23H25NO4Si/c1-23(2,3)29(19-11-7-5-8-12-19,20-13-9-6-10-14-20)28-22-17-18(24(25)26)15-16-21(22)27-4/h5-17H,1-4H3. The number of nitro groups is 1. The third-order valence-electron chi connectivity index (χ3n) is 5.04. The Bertz CT molecular complexity index is 945. The number of ether oxygens (including phenoxy) is 1. The van der Waals surface area contributed by atoms with E-state index < -0.39 is 13.2 Å². The predicted octanol–water partition coefficient (Wildman–Crippen LogP) is 4.54. The van der Waals surface area contributed by atoms with E-state index in [0.717, 1.165) is 10.4 Å². The van der Waals surface area contributed by atoms with Crippen LogP contribution < -0.4 is 19.5 Å². The van der Waals surface area contributed by atoms with Gasteiger partial charge in [-0.05, 0) is 21.5 Å². The highest BCUT2D eigenvalue weighted by atomic mass is 28.4. The Kier molecular flexibility index (Phi) is 5.75. The van der Waals surface area contributed by atoms with E-state index in [1.165, 1.54) is 12.1 Å². The van der Waals surface area contributed by atoms with Gasteiger partial charge in [-0.2, -0.15) is 0 Å². The average molecular weight is 408 g/mol. The number of methoxy groups -OCH3 is 1. The lowest BCUT2D eigenvalue weighted by atomic mass is 10.2. The van der Waals surface area contributed by atoms with Crippen LogP contribution in [-0.2, 0) is 0 Å². The summed E-state index contributed by atoms with van der Waals surface area (Å²) in [5.74, 6) is 0.861. The van der Waals surface area contributed by atoms with E-state index >= 15 is 0 Å². The summed E-state index contributed by atoms with van der Waals surface area (Å²) in [7, 11) is -1.36. The van der Waals surface area contributed by atoms with Crippen molar-refractivity contribution in [2.24, 2.45) is 0 Å². The van der Waals surface area contributed by atoms with Crippen LogP contribution in [0.15, 0.2) is 78.9 Å². The number of hydrogen-bond acceptors (Lipinski definition) is 4. The number of nitrogens with zero attached hydrogens (tertiary/aromatic N) is 1. The fraction of sp³-hybridized carbons (Fsp3) is 0.217. The van der Waals surface area contributed by atoms with Crippen molar-refractivity contribution in [2.45, 2.75) is 25.8 Å². The van der Waals surface area contributed by atoms with Gasteiger partial charge in [0.2, 0.25) is 0 Å². The summed E-state index contributed by atoms with van der Waals surface area (Å²) in [5.41, 5.74) is -0.0290. The van der Waals surface area contributed by atoms with Gasteiger partial charge in [0.25, 0.3) is 5.69 Å². The van der Waals surface area contributed by atoms with E-state index in [0.29, 0.717) is 11.5 Å². The van der Waals surface area contributed by atoms with Crippen molar-refractivity contribution in [3.05, 3.63) is 89.0 Å². The summed E-state index contributed by atoms with van der Waals surface area (Å²) in [6, 6.07) is 24.7. The maximum Gasteiger partial charge on any atom is 0.320 e. The van der Waals surface area contributed by atoms with Crippen LogP contribution in [0, 0.1) is 10.1 Å². The SMILES string of the molecule is COc1ccc([N+](=O)[O-])cc1O[Si](c1ccccc1)(c1ccccc1)C(C)(C)C. The Balaban J connectivity index is 2.30. The second-order valence-electron chi connectivity index (χ2n) is 7.86. The quantitative estimate of drug-likeness (QED) is 0.342. The van der Waals surface area contributed by atoms with E-state index in [1.54, 1.807) is 13.2 Å². The third kappa shape index (κ3) is 3.89. The van der Waals surface area contributed by atoms with Crippen molar-refractivity contribution in [3.8, 4) is 11.5 Å². The van der Waals surface area contributed by atoms with Gasteiger partial charge < -0.3 is 9.16 Å². The molecule has 0 saturated heterocycles. The number of benzene rings is 3. The van der Waals surface area contributed by atoms with Crippen LogP contribution in [0.5, 0.6) is 11.5 Å².